The van der Waals surface area contributed by atoms with Crippen LogP contribution in [-0.2, 0) is 11.3 Å². The molecule has 0 aliphatic rings. The minimum Gasteiger partial charge on any atom is -0.548 e. The third-order valence-corrected chi connectivity index (χ3v) is 3.47. The van der Waals surface area contributed by atoms with E-state index < -0.39 is 18.1 Å². The molecule has 0 amide bonds. The number of hydrogen-bond donors (Lipinski definition) is 0. The molecule has 1 aromatic heterocycles. The van der Waals surface area contributed by atoms with Gasteiger partial charge in [0, 0.05) is 10.9 Å². The predicted molar refractivity (Wildman–Crippen MR) is 81.2 cm³/mol. The second-order valence-electron chi connectivity index (χ2n) is 5.10. The van der Waals surface area contributed by atoms with Crippen molar-refractivity contribution in [1.82, 2.24) is 9.78 Å². The molecule has 0 saturated heterocycles. The summed E-state index contributed by atoms with van der Waals surface area (Å²) in [6.45, 7) is 1.41. The van der Waals surface area contributed by atoms with Crippen molar-refractivity contribution in [2.45, 2.75) is 13.5 Å². The molecule has 3 aromatic rings. The second kappa shape index (κ2) is 5.44. The van der Waals surface area contributed by atoms with Gasteiger partial charge in [0.25, 0.3) is 5.56 Å². The number of carboxylic acids is 1. The molecular weight excluding hydrogens is 280 g/mol. The molecule has 1 heterocycles. The number of hydrogen-bond acceptors (Lipinski definition) is 4. The molecule has 110 valence electrons. The van der Waals surface area contributed by atoms with Crippen molar-refractivity contribution < 1.29 is 9.90 Å². The number of aryl methyl sites for hydroxylation is 1. The molecule has 5 heteroatoms. The summed E-state index contributed by atoms with van der Waals surface area (Å²) in [7, 11) is 0. The van der Waals surface area contributed by atoms with Crippen LogP contribution < -0.4 is 10.7 Å². The molecule has 2 aromatic carbocycles. The Kier molecular flexibility index (Phi) is 3.47. The Morgan fingerprint density at radius 2 is 1.73 bits per heavy atom. The number of carbonyl (C=O) groups is 1. The van der Waals surface area contributed by atoms with Gasteiger partial charge in [-0.3, -0.25) is 4.79 Å². The summed E-state index contributed by atoms with van der Waals surface area (Å²) < 4.78 is 0.937. The molecule has 3 rings (SSSR count). The van der Waals surface area contributed by atoms with Crippen LogP contribution in [0, 0.1) is 6.92 Å². The van der Waals surface area contributed by atoms with E-state index >= 15 is 0 Å². The van der Waals surface area contributed by atoms with E-state index in [4.69, 9.17) is 0 Å². The average molecular weight is 293 g/mol. The normalized spacial score (nSPS) is 10.8. The summed E-state index contributed by atoms with van der Waals surface area (Å²) in [5, 5.41) is 16.2. The van der Waals surface area contributed by atoms with Crippen molar-refractivity contribution in [1.29, 1.82) is 0 Å². The van der Waals surface area contributed by atoms with Gasteiger partial charge in [-0.25, -0.2) is 4.68 Å². The number of carboxylic acid groups (broad SMARTS) is 1. The highest BCUT2D eigenvalue weighted by Gasteiger charge is 2.11. The SMILES string of the molecule is Cc1ccc(-c2nn(CC(=O)[O-])c(=O)c3ccccc23)cc1. The van der Waals surface area contributed by atoms with Crippen molar-refractivity contribution in [3.05, 3.63) is 64.4 Å². The largest absolute Gasteiger partial charge is 0.548 e. The molecule has 0 fully saturated rings. The second-order valence-corrected chi connectivity index (χ2v) is 5.10. The lowest BCUT2D eigenvalue weighted by molar-refractivity contribution is -0.306. The number of nitrogens with zero attached hydrogens (tertiary/aromatic N) is 2. The van der Waals surface area contributed by atoms with Crippen molar-refractivity contribution >= 4 is 16.7 Å². The van der Waals surface area contributed by atoms with Gasteiger partial charge in [-0.15, -0.1) is 0 Å². The van der Waals surface area contributed by atoms with Crippen LogP contribution in [0.25, 0.3) is 22.0 Å². The molecule has 0 saturated carbocycles. The van der Waals surface area contributed by atoms with E-state index in [1.54, 1.807) is 12.1 Å². The fourth-order valence-corrected chi connectivity index (χ4v) is 2.39. The van der Waals surface area contributed by atoms with Crippen molar-refractivity contribution in [2.24, 2.45) is 0 Å². The molecule has 0 atom stereocenters. The third-order valence-electron chi connectivity index (χ3n) is 3.47. The summed E-state index contributed by atoms with van der Waals surface area (Å²) in [5.41, 5.74) is 2.08. The number of rotatable bonds is 3. The first-order valence-corrected chi connectivity index (χ1v) is 6.83. The summed E-state index contributed by atoms with van der Waals surface area (Å²) in [5.74, 6) is -1.35. The van der Waals surface area contributed by atoms with Gasteiger partial charge in [0.05, 0.1) is 23.6 Å². The van der Waals surface area contributed by atoms with Gasteiger partial charge < -0.3 is 9.90 Å². The zero-order valence-corrected chi connectivity index (χ0v) is 11.9. The summed E-state index contributed by atoms with van der Waals surface area (Å²) in [6, 6.07) is 14.7. The maximum Gasteiger partial charge on any atom is 0.275 e. The zero-order chi connectivity index (χ0) is 15.7. The Labute approximate surface area is 126 Å². The van der Waals surface area contributed by atoms with Gasteiger partial charge in [-0.2, -0.15) is 5.10 Å². The van der Waals surface area contributed by atoms with E-state index in [0.29, 0.717) is 16.5 Å². The monoisotopic (exact) mass is 293 g/mol. The highest BCUT2D eigenvalue weighted by molar-refractivity contribution is 5.93. The van der Waals surface area contributed by atoms with Gasteiger partial charge in [-0.1, -0.05) is 48.0 Å². The molecule has 0 unspecified atom stereocenters. The average Bonchev–Trinajstić information content (AvgIpc) is 2.51. The Balaban J connectivity index is 2.32. The van der Waals surface area contributed by atoms with Crippen molar-refractivity contribution in [2.75, 3.05) is 0 Å². The van der Waals surface area contributed by atoms with Crippen molar-refractivity contribution in [3.8, 4) is 11.3 Å². The van der Waals surface area contributed by atoms with Gasteiger partial charge in [0.2, 0.25) is 0 Å². The topological polar surface area (TPSA) is 75.0 Å². The van der Waals surface area contributed by atoms with Crippen molar-refractivity contribution in [3.63, 3.8) is 0 Å². The minimum atomic E-state index is -1.35. The minimum absolute atomic E-state index is 0.435. The van der Waals surface area contributed by atoms with Crippen LogP contribution in [0.2, 0.25) is 0 Å². The lowest BCUT2D eigenvalue weighted by atomic mass is 10.0. The standard InChI is InChI=1S/C17H14N2O3/c1-11-6-8-12(9-7-11)16-13-4-2-3-5-14(13)17(22)19(18-16)10-15(20)21/h2-9H,10H2,1H3,(H,20,21)/p-1. The van der Waals surface area contributed by atoms with E-state index in [9.17, 15) is 14.7 Å². The van der Waals surface area contributed by atoms with E-state index in [2.05, 4.69) is 5.10 Å². The van der Waals surface area contributed by atoms with Crippen LogP contribution in [0.4, 0.5) is 0 Å². The number of aliphatic carboxylic acids is 1. The molecule has 0 aliphatic heterocycles. The maximum atomic E-state index is 12.3. The molecule has 0 aliphatic carbocycles. The van der Waals surface area contributed by atoms with Gasteiger partial charge >= 0.3 is 0 Å². The van der Waals surface area contributed by atoms with Crippen LogP contribution in [-0.4, -0.2) is 15.7 Å². The molecule has 0 spiro atoms. The van der Waals surface area contributed by atoms with E-state index in [1.165, 1.54) is 0 Å². The predicted octanol–water partition coefficient (Wildman–Crippen LogP) is 1.12. The van der Waals surface area contributed by atoms with Gasteiger partial charge in [0.15, 0.2) is 0 Å². The fraction of sp³-hybridized carbons (Fsp3) is 0.118. The molecule has 22 heavy (non-hydrogen) atoms. The smallest absolute Gasteiger partial charge is 0.275 e. The molecular formula is C17H13N2O3-. The molecule has 0 N–H and O–H groups in total. The fourth-order valence-electron chi connectivity index (χ4n) is 2.39. The highest BCUT2D eigenvalue weighted by Crippen LogP contribution is 2.24. The lowest BCUT2D eigenvalue weighted by Crippen LogP contribution is -2.34. The molecule has 5 nitrogen and oxygen atoms in total. The maximum absolute atomic E-state index is 12.3. The Hall–Kier alpha value is -2.95. The first-order chi connectivity index (χ1) is 10.6. The number of carbonyl (C=O) groups excluding carboxylic acids is 1. The Morgan fingerprint density at radius 1 is 1.09 bits per heavy atom. The van der Waals surface area contributed by atoms with E-state index in [-0.39, 0.29) is 0 Å². The van der Waals surface area contributed by atoms with Crippen LogP contribution in [0.1, 0.15) is 5.56 Å². The quantitative estimate of drug-likeness (QED) is 0.725. The summed E-state index contributed by atoms with van der Waals surface area (Å²) in [4.78, 5) is 23.1. The highest BCUT2D eigenvalue weighted by atomic mass is 16.4. The first-order valence-electron chi connectivity index (χ1n) is 6.83. The molecule has 0 radical (unpaired) electrons. The van der Waals surface area contributed by atoms with Crippen LogP contribution in [0.15, 0.2) is 53.3 Å². The van der Waals surface area contributed by atoms with Crippen LogP contribution >= 0.6 is 0 Å². The number of aromatic nitrogens is 2. The first kappa shape index (κ1) is 14.0. The summed E-state index contributed by atoms with van der Waals surface area (Å²) >= 11 is 0. The van der Waals surface area contributed by atoms with E-state index in [0.717, 1.165) is 15.8 Å². The number of benzene rings is 2. The van der Waals surface area contributed by atoms with Gasteiger partial charge in [0.1, 0.15) is 0 Å². The number of fused-ring (bicyclic) bond motifs is 1. The Morgan fingerprint density at radius 3 is 2.36 bits per heavy atom. The Bertz CT molecular complexity index is 911. The zero-order valence-electron chi connectivity index (χ0n) is 11.9. The van der Waals surface area contributed by atoms with Crippen LogP contribution in [0.5, 0.6) is 0 Å². The third kappa shape index (κ3) is 2.48. The molecule has 0 bridgehead atoms. The van der Waals surface area contributed by atoms with E-state index in [1.807, 2.05) is 43.3 Å². The lowest BCUT2D eigenvalue weighted by Gasteiger charge is -2.11. The van der Waals surface area contributed by atoms with Gasteiger partial charge in [-0.05, 0) is 13.0 Å². The summed E-state index contributed by atoms with van der Waals surface area (Å²) in [6.07, 6.45) is 0. The van der Waals surface area contributed by atoms with Crippen LogP contribution in [0.3, 0.4) is 0 Å².